The van der Waals surface area contributed by atoms with Gasteiger partial charge in [-0.05, 0) is 26.9 Å². The highest BCUT2D eigenvalue weighted by molar-refractivity contribution is 5.74. The Morgan fingerprint density at radius 1 is 1.25 bits per heavy atom. The number of anilines is 2. The Morgan fingerprint density at radius 3 is 2.65 bits per heavy atom. The summed E-state index contributed by atoms with van der Waals surface area (Å²) in [7, 11) is 4.23. The molecule has 0 aromatic heterocycles. The van der Waals surface area contributed by atoms with Crippen LogP contribution in [0, 0.1) is 0 Å². The summed E-state index contributed by atoms with van der Waals surface area (Å²) in [6.07, 6.45) is 2.43. The molecule has 1 fully saturated rings. The summed E-state index contributed by atoms with van der Waals surface area (Å²) in [5.74, 6) is 1.58. The van der Waals surface area contributed by atoms with Gasteiger partial charge in [-0.3, -0.25) is 0 Å². The molecular weight excluding hydrogens is 254 g/mol. The molecule has 5 heteroatoms. The third-order valence-corrected chi connectivity index (χ3v) is 3.95. The van der Waals surface area contributed by atoms with Crippen LogP contribution in [0.3, 0.4) is 0 Å². The van der Waals surface area contributed by atoms with Crippen LogP contribution in [0.15, 0.2) is 12.1 Å². The van der Waals surface area contributed by atoms with Crippen molar-refractivity contribution in [3.8, 4) is 11.5 Å². The molecule has 2 N–H and O–H groups in total. The number of fused-ring (bicyclic) bond motifs is 1. The van der Waals surface area contributed by atoms with E-state index < -0.39 is 0 Å². The SMILES string of the molecule is CN(C)CC1CCCN1c1cc2c(cc1N)OCCO2. The monoisotopic (exact) mass is 277 g/mol. The molecule has 1 unspecified atom stereocenters. The second kappa shape index (κ2) is 5.40. The molecule has 1 aromatic rings. The highest BCUT2D eigenvalue weighted by atomic mass is 16.6. The highest BCUT2D eigenvalue weighted by Crippen LogP contribution is 2.40. The van der Waals surface area contributed by atoms with Crippen LogP contribution >= 0.6 is 0 Å². The first-order valence-corrected chi connectivity index (χ1v) is 7.25. The lowest BCUT2D eigenvalue weighted by Gasteiger charge is -2.31. The highest BCUT2D eigenvalue weighted by Gasteiger charge is 2.28. The third-order valence-electron chi connectivity index (χ3n) is 3.95. The zero-order valence-electron chi connectivity index (χ0n) is 12.3. The molecule has 1 saturated heterocycles. The van der Waals surface area contributed by atoms with Gasteiger partial charge in [0.05, 0.1) is 11.4 Å². The van der Waals surface area contributed by atoms with Gasteiger partial charge in [-0.25, -0.2) is 0 Å². The van der Waals surface area contributed by atoms with E-state index in [9.17, 15) is 0 Å². The van der Waals surface area contributed by atoms with E-state index in [1.54, 1.807) is 0 Å². The molecule has 0 aliphatic carbocycles. The predicted molar refractivity (Wildman–Crippen MR) is 80.8 cm³/mol. The maximum absolute atomic E-state index is 6.23. The molecule has 2 aliphatic heterocycles. The lowest BCUT2D eigenvalue weighted by atomic mass is 10.1. The average molecular weight is 277 g/mol. The number of nitrogens with zero attached hydrogens (tertiary/aromatic N) is 2. The zero-order valence-corrected chi connectivity index (χ0v) is 12.3. The number of hydrogen-bond acceptors (Lipinski definition) is 5. The van der Waals surface area contributed by atoms with Crippen LogP contribution < -0.4 is 20.1 Å². The quantitative estimate of drug-likeness (QED) is 0.850. The summed E-state index contributed by atoms with van der Waals surface area (Å²) in [4.78, 5) is 4.64. The van der Waals surface area contributed by atoms with Crippen LogP contribution in [0.1, 0.15) is 12.8 Å². The van der Waals surface area contributed by atoms with Crippen molar-refractivity contribution in [1.82, 2.24) is 4.90 Å². The maximum Gasteiger partial charge on any atom is 0.163 e. The minimum absolute atomic E-state index is 0.523. The fourth-order valence-electron chi connectivity index (χ4n) is 3.11. The van der Waals surface area contributed by atoms with Crippen LogP contribution in [0.5, 0.6) is 11.5 Å². The minimum Gasteiger partial charge on any atom is -0.486 e. The van der Waals surface area contributed by atoms with E-state index in [4.69, 9.17) is 15.2 Å². The van der Waals surface area contributed by atoms with Gasteiger partial charge in [-0.2, -0.15) is 0 Å². The Balaban J connectivity index is 1.89. The molecule has 0 amide bonds. The first-order valence-electron chi connectivity index (χ1n) is 7.25. The lowest BCUT2D eigenvalue weighted by Crippen LogP contribution is -2.38. The summed E-state index contributed by atoms with van der Waals surface area (Å²) in [6.45, 7) is 3.31. The van der Waals surface area contributed by atoms with E-state index in [0.29, 0.717) is 19.3 Å². The van der Waals surface area contributed by atoms with Gasteiger partial charge in [0.2, 0.25) is 0 Å². The Labute approximate surface area is 120 Å². The van der Waals surface area contributed by atoms with Gasteiger partial charge < -0.3 is 25.0 Å². The molecule has 2 heterocycles. The molecule has 1 atom stereocenters. The molecule has 0 saturated carbocycles. The van der Waals surface area contributed by atoms with E-state index in [1.165, 1.54) is 12.8 Å². The molecule has 2 aliphatic rings. The molecule has 0 spiro atoms. The number of ether oxygens (including phenoxy) is 2. The zero-order chi connectivity index (χ0) is 14.1. The predicted octanol–water partition coefficient (Wildman–Crippen LogP) is 1.57. The number of rotatable bonds is 3. The number of benzene rings is 1. The van der Waals surface area contributed by atoms with Crippen molar-refractivity contribution in [3.05, 3.63) is 12.1 Å². The molecule has 0 radical (unpaired) electrons. The molecule has 110 valence electrons. The van der Waals surface area contributed by atoms with Crippen LogP contribution in [0.4, 0.5) is 11.4 Å². The van der Waals surface area contributed by atoms with Crippen molar-refractivity contribution < 1.29 is 9.47 Å². The van der Waals surface area contributed by atoms with E-state index >= 15 is 0 Å². The van der Waals surface area contributed by atoms with E-state index in [-0.39, 0.29) is 0 Å². The van der Waals surface area contributed by atoms with Crippen molar-refractivity contribution in [2.24, 2.45) is 0 Å². The summed E-state index contributed by atoms with van der Waals surface area (Å²) in [5.41, 5.74) is 8.09. The third kappa shape index (κ3) is 2.50. The van der Waals surface area contributed by atoms with Crippen molar-refractivity contribution in [2.75, 3.05) is 51.0 Å². The second-order valence-electron chi connectivity index (χ2n) is 5.81. The van der Waals surface area contributed by atoms with Crippen molar-refractivity contribution in [1.29, 1.82) is 0 Å². The largest absolute Gasteiger partial charge is 0.486 e. The Kier molecular flexibility index (Phi) is 3.61. The maximum atomic E-state index is 6.23. The number of likely N-dealkylation sites (N-methyl/N-ethyl adjacent to an activating group) is 1. The first-order chi connectivity index (χ1) is 9.65. The van der Waals surface area contributed by atoms with E-state index in [1.807, 2.05) is 12.1 Å². The Bertz CT molecular complexity index is 490. The van der Waals surface area contributed by atoms with Gasteiger partial charge in [-0.15, -0.1) is 0 Å². The van der Waals surface area contributed by atoms with Crippen molar-refractivity contribution in [2.45, 2.75) is 18.9 Å². The van der Waals surface area contributed by atoms with Gasteiger partial charge in [-0.1, -0.05) is 0 Å². The Hall–Kier alpha value is -1.62. The normalized spacial score (nSPS) is 21.6. The van der Waals surface area contributed by atoms with Crippen LogP contribution in [0.25, 0.3) is 0 Å². The van der Waals surface area contributed by atoms with Crippen LogP contribution in [0.2, 0.25) is 0 Å². The molecular formula is C15H23N3O2. The van der Waals surface area contributed by atoms with E-state index in [2.05, 4.69) is 23.9 Å². The summed E-state index contributed by atoms with van der Waals surface area (Å²) in [5, 5.41) is 0. The fourth-order valence-corrected chi connectivity index (χ4v) is 3.11. The van der Waals surface area contributed by atoms with Gasteiger partial charge in [0, 0.05) is 31.3 Å². The van der Waals surface area contributed by atoms with Crippen molar-refractivity contribution >= 4 is 11.4 Å². The van der Waals surface area contributed by atoms with Gasteiger partial charge in [0.15, 0.2) is 11.5 Å². The second-order valence-corrected chi connectivity index (χ2v) is 5.81. The number of nitrogen functional groups attached to an aromatic ring is 1. The van der Waals surface area contributed by atoms with E-state index in [0.717, 1.165) is 36.0 Å². The van der Waals surface area contributed by atoms with Crippen molar-refractivity contribution in [3.63, 3.8) is 0 Å². The smallest absolute Gasteiger partial charge is 0.163 e. The molecule has 5 nitrogen and oxygen atoms in total. The lowest BCUT2D eigenvalue weighted by molar-refractivity contribution is 0.172. The number of nitrogens with two attached hydrogens (primary N) is 1. The minimum atomic E-state index is 0.523. The van der Waals surface area contributed by atoms with Gasteiger partial charge in [0.1, 0.15) is 13.2 Å². The molecule has 20 heavy (non-hydrogen) atoms. The molecule has 3 rings (SSSR count). The average Bonchev–Trinajstić information content (AvgIpc) is 2.85. The fraction of sp³-hybridized carbons (Fsp3) is 0.600. The Morgan fingerprint density at radius 2 is 1.95 bits per heavy atom. The summed E-state index contributed by atoms with van der Waals surface area (Å²) < 4.78 is 11.3. The summed E-state index contributed by atoms with van der Waals surface area (Å²) in [6, 6.07) is 4.46. The molecule has 1 aromatic carbocycles. The molecule has 0 bridgehead atoms. The topological polar surface area (TPSA) is 51.0 Å². The number of hydrogen-bond donors (Lipinski definition) is 1. The standard InChI is InChI=1S/C15H23N3O2/c1-17(2)10-11-4-3-5-18(11)13-9-15-14(8-12(13)16)19-6-7-20-15/h8-9,11H,3-7,10,16H2,1-2H3. The van der Waals surface area contributed by atoms with Gasteiger partial charge in [0.25, 0.3) is 0 Å². The van der Waals surface area contributed by atoms with Crippen LogP contribution in [-0.2, 0) is 0 Å². The first kappa shape index (κ1) is 13.4. The van der Waals surface area contributed by atoms with Gasteiger partial charge >= 0.3 is 0 Å². The van der Waals surface area contributed by atoms with Crippen LogP contribution in [-0.4, -0.2) is 51.3 Å². The summed E-state index contributed by atoms with van der Waals surface area (Å²) >= 11 is 0.